The Labute approximate surface area is 108 Å². The maximum atomic E-state index is 11.4. The first-order valence-electron chi connectivity index (χ1n) is 5.86. The van der Waals surface area contributed by atoms with Gasteiger partial charge in [-0.15, -0.1) is 11.3 Å². The van der Waals surface area contributed by atoms with Crippen molar-refractivity contribution in [3.05, 3.63) is 17.8 Å². The van der Waals surface area contributed by atoms with Crippen LogP contribution in [0.4, 0.5) is 5.82 Å². The van der Waals surface area contributed by atoms with E-state index in [-0.39, 0.29) is 5.92 Å². The fourth-order valence-corrected chi connectivity index (χ4v) is 3.39. The summed E-state index contributed by atoms with van der Waals surface area (Å²) in [6, 6.07) is 1.45. The van der Waals surface area contributed by atoms with E-state index in [1.54, 1.807) is 11.3 Å². The van der Waals surface area contributed by atoms with Crippen molar-refractivity contribution in [1.82, 2.24) is 9.97 Å². The van der Waals surface area contributed by atoms with E-state index < -0.39 is 12.0 Å². The maximum Gasteiger partial charge on any atom is 0.326 e. The summed E-state index contributed by atoms with van der Waals surface area (Å²) in [7, 11) is 0. The fraction of sp³-hybridized carbons (Fsp3) is 0.417. The lowest BCUT2D eigenvalue weighted by Gasteiger charge is -2.24. The van der Waals surface area contributed by atoms with E-state index in [1.807, 2.05) is 23.3 Å². The van der Waals surface area contributed by atoms with Crippen LogP contribution in [0, 0.1) is 5.92 Å². The summed E-state index contributed by atoms with van der Waals surface area (Å²) in [6.45, 7) is 2.72. The van der Waals surface area contributed by atoms with Crippen LogP contribution in [0.25, 0.3) is 10.2 Å². The quantitative estimate of drug-likeness (QED) is 0.897. The molecule has 2 aromatic heterocycles. The molecule has 0 bridgehead atoms. The SMILES string of the molecule is CC1CCN(c2ncnc3ccsc23)C1C(=O)O. The van der Waals surface area contributed by atoms with Gasteiger partial charge in [-0.25, -0.2) is 14.8 Å². The number of hydrogen-bond donors (Lipinski definition) is 1. The Bertz CT molecular complexity index is 598. The van der Waals surface area contributed by atoms with Crippen molar-refractivity contribution in [1.29, 1.82) is 0 Å². The average Bonchev–Trinajstić information content (AvgIpc) is 2.94. The minimum Gasteiger partial charge on any atom is -0.480 e. The number of carboxylic acids is 1. The highest BCUT2D eigenvalue weighted by atomic mass is 32.1. The predicted octanol–water partition coefficient (Wildman–Crippen LogP) is 1.99. The summed E-state index contributed by atoms with van der Waals surface area (Å²) in [6.07, 6.45) is 2.39. The molecule has 2 unspecified atom stereocenters. The van der Waals surface area contributed by atoms with Gasteiger partial charge in [-0.05, 0) is 23.8 Å². The molecule has 5 nitrogen and oxygen atoms in total. The highest BCUT2D eigenvalue weighted by Gasteiger charge is 2.38. The van der Waals surface area contributed by atoms with Gasteiger partial charge in [0.25, 0.3) is 0 Å². The van der Waals surface area contributed by atoms with Gasteiger partial charge in [0.15, 0.2) is 5.82 Å². The lowest BCUT2D eigenvalue weighted by Crippen LogP contribution is -2.39. The molecule has 0 spiro atoms. The van der Waals surface area contributed by atoms with E-state index in [9.17, 15) is 9.90 Å². The van der Waals surface area contributed by atoms with Crippen LogP contribution >= 0.6 is 11.3 Å². The van der Waals surface area contributed by atoms with Crippen LogP contribution < -0.4 is 4.90 Å². The molecule has 0 amide bonds. The number of aromatic nitrogens is 2. The molecule has 2 aromatic rings. The number of rotatable bonds is 2. The largest absolute Gasteiger partial charge is 0.480 e. The first kappa shape index (κ1) is 11.4. The number of hydrogen-bond acceptors (Lipinski definition) is 5. The monoisotopic (exact) mass is 263 g/mol. The standard InChI is InChI=1S/C12H13N3O2S/c1-7-2-4-15(9(7)12(16)17)11-10-8(3-5-18-10)13-6-14-11/h3,5-7,9H,2,4H2,1H3,(H,16,17). The Hall–Kier alpha value is -1.69. The molecule has 2 atom stereocenters. The van der Waals surface area contributed by atoms with E-state index in [2.05, 4.69) is 9.97 Å². The van der Waals surface area contributed by atoms with Gasteiger partial charge >= 0.3 is 5.97 Å². The van der Waals surface area contributed by atoms with Gasteiger partial charge in [-0.3, -0.25) is 0 Å². The van der Waals surface area contributed by atoms with E-state index in [4.69, 9.17) is 0 Å². The lowest BCUT2D eigenvalue weighted by molar-refractivity contribution is -0.139. The second kappa shape index (κ2) is 4.20. The van der Waals surface area contributed by atoms with Crippen molar-refractivity contribution in [3.8, 4) is 0 Å². The van der Waals surface area contributed by atoms with Gasteiger partial charge in [0.05, 0.1) is 10.2 Å². The summed E-state index contributed by atoms with van der Waals surface area (Å²) < 4.78 is 0.970. The minimum absolute atomic E-state index is 0.146. The summed E-state index contributed by atoms with van der Waals surface area (Å²) in [5, 5.41) is 11.3. The topological polar surface area (TPSA) is 66.3 Å². The van der Waals surface area contributed by atoms with Crippen LogP contribution in [0.15, 0.2) is 17.8 Å². The summed E-state index contributed by atoms with van der Waals surface area (Å²) in [5.41, 5.74) is 0.883. The molecule has 94 valence electrons. The van der Waals surface area contributed by atoms with Crippen molar-refractivity contribution in [2.45, 2.75) is 19.4 Å². The van der Waals surface area contributed by atoms with Crippen molar-refractivity contribution in [2.24, 2.45) is 5.92 Å². The predicted molar refractivity (Wildman–Crippen MR) is 70.0 cm³/mol. The third kappa shape index (κ3) is 1.64. The third-order valence-electron chi connectivity index (χ3n) is 3.45. The third-order valence-corrected chi connectivity index (χ3v) is 4.35. The second-order valence-electron chi connectivity index (χ2n) is 4.57. The van der Waals surface area contributed by atoms with E-state index >= 15 is 0 Å². The molecule has 0 saturated carbocycles. The summed E-state index contributed by atoms with van der Waals surface area (Å²) in [4.78, 5) is 21.8. The van der Waals surface area contributed by atoms with Gasteiger partial charge in [0.1, 0.15) is 12.4 Å². The van der Waals surface area contributed by atoms with Crippen molar-refractivity contribution >= 4 is 33.3 Å². The molecule has 1 aliphatic heterocycles. The zero-order valence-electron chi connectivity index (χ0n) is 9.91. The number of thiophene rings is 1. The second-order valence-corrected chi connectivity index (χ2v) is 5.49. The number of nitrogens with zero attached hydrogens (tertiary/aromatic N) is 3. The van der Waals surface area contributed by atoms with E-state index in [0.717, 1.165) is 29.0 Å². The first-order valence-corrected chi connectivity index (χ1v) is 6.74. The molecule has 18 heavy (non-hydrogen) atoms. The molecule has 3 heterocycles. The highest BCUT2D eigenvalue weighted by Crippen LogP contribution is 2.34. The number of fused-ring (bicyclic) bond motifs is 1. The van der Waals surface area contributed by atoms with Crippen LogP contribution in [0.1, 0.15) is 13.3 Å². The van der Waals surface area contributed by atoms with Gasteiger partial charge in [-0.1, -0.05) is 6.92 Å². The van der Waals surface area contributed by atoms with Crippen LogP contribution in [0.5, 0.6) is 0 Å². The van der Waals surface area contributed by atoms with Crippen LogP contribution in [0.2, 0.25) is 0 Å². The lowest BCUT2D eigenvalue weighted by atomic mass is 10.0. The molecule has 0 radical (unpaired) electrons. The Balaban J connectivity index is 2.09. The highest BCUT2D eigenvalue weighted by molar-refractivity contribution is 7.17. The molecule has 1 saturated heterocycles. The Morgan fingerprint density at radius 1 is 1.56 bits per heavy atom. The van der Waals surface area contributed by atoms with Crippen molar-refractivity contribution in [3.63, 3.8) is 0 Å². The van der Waals surface area contributed by atoms with Gasteiger partial charge < -0.3 is 10.0 Å². The van der Waals surface area contributed by atoms with Crippen LogP contribution in [-0.4, -0.2) is 33.6 Å². The molecule has 0 aromatic carbocycles. The number of aliphatic carboxylic acids is 1. The Morgan fingerprint density at radius 2 is 2.39 bits per heavy atom. The normalized spacial score (nSPS) is 23.7. The summed E-state index contributed by atoms with van der Waals surface area (Å²) >= 11 is 1.56. The number of carbonyl (C=O) groups is 1. The minimum atomic E-state index is -0.775. The maximum absolute atomic E-state index is 11.4. The molecule has 1 fully saturated rings. The number of anilines is 1. The van der Waals surface area contributed by atoms with Gasteiger partial charge in [-0.2, -0.15) is 0 Å². The first-order chi connectivity index (χ1) is 8.68. The van der Waals surface area contributed by atoms with Crippen molar-refractivity contribution < 1.29 is 9.90 Å². The Kier molecular flexibility index (Phi) is 2.66. The van der Waals surface area contributed by atoms with Crippen LogP contribution in [0.3, 0.4) is 0 Å². The summed E-state index contributed by atoms with van der Waals surface area (Å²) in [5.74, 6) is 0.127. The molecule has 1 aliphatic rings. The number of carboxylic acid groups (broad SMARTS) is 1. The van der Waals surface area contributed by atoms with Crippen LogP contribution in [-0.2, 0) is 4.79 Å². The molecule has 0 aliphatic carbocycles. The van der Waals surface area contributed by atoms with E-state index in [0.29, 0.717) is 0 Å². The molecule has 1 N–H and O–H groups in total. The average molecular weight is 263 g/mol. The Morgan fingerprint density at radius 3 is 3.17 bits per heavy atom. The smallest absolute Gasteiger partial charge is 0.326 e. The fourth-order valence-electron chi connectivity index (χ4n) is 2.54. The molecular formula is C12H13N3O2S. The van der Waals surface area contributed by atoms with Crippen molar-refractivity contribution in [2.75, 3.05) is 11.4 Å². The van der Waals surface area contributed by atoms with Gasteiger partial charge in [0.2, 0.25) is 0 Å². The molecule has 3 rings (SSSR count). The zero-order chi connectivity index (χ0) is 12.7. The molecule has 6 heteroatoms. The molecular weight excluding hydrogens is 250 g/mol. The zero-order valence-corrected chi connectivity index (χ0v) is 10.7. The van der Waals surface area contributed by atoms with E-state index in [1.165, 1.54) is 6.33 Å². The van der Waals surface area contributed by atoms with Gasteiger partial charge in [0, 0.05) is 6.54 Å².